The van der Waals surface area contributed by atoms with Gasteiger partial charge in [-0.05, 0) is 62.5 Å². The molecule has 2 aliphatic rings. The number of nitrogens with zero attached hydrogens (tertiary/aromatic N) is 4. The standard InChI is InChI=1S/C24H33N5O/c1-27-14-12-19-16-21(9-10-22(19)27)29-24(30)25-23(26-29)20-8-5-13-28(17-20)15-11-18-6-3-2-4-7-18/h9-10,12,14,16,18,20H,2-8,11,13,15,17H2,1H3,(H,25,26,30)/t20-/m0/s1. The molecule has 0 amide bonds. The highest BCUT2D eigenvalue weighted by Gasteiger charge is 2.25. The molecule has 0 bridgehead atoms. The molecule has 1 N–H and O–H groups in total. The zero-order valence-corrected chi connectivity index (χ0v) is 18.0. The van der Waals surface area contributed by atoms with Crippen LogP contribution >= 0.6 is 0 Å². The maximum atomic E-state index is 12.7. The molecule has 1 aliphatic heterocycles. The van der Waals surface area contributed by atoms with E-state index in [9.17, 15) is 4.79 Å². The summed E-state index contributed by atoms with van der Waals surface area (Å²) < 4.78 is 3.62. The maximum Gasteiger partial charge on any atom is 0.348 e. The van der Waals surface area contributed by atoms with Crippen LogP contribution in [0.15, 0.2) is 35.3 Å². The van der Waals surface area contributed by atoms with E-state index in [2.05, 4.69) is 26.6 Å². The summed E-state index contributed by atoms with van der Waals surface area (Å²) in [6, 6.07) is 8.15. The second-order valence-electron chi connectivity index (χ2n) is 9.33. The molecule has 2 aromatic heterocycles. The van der Waals surface area contributed by atoms with Crippen molar-refractivity contribution in [3.63, 3.8) is 0 Å². The molecule has 1 aromatic carbocycles. The van der Waals surface area contributed by atoms with Crippen molar-refractivity contribution in [2.45, 2.75) is 57.3 Å². The Hall–Kier alpha value is -2.34. The number of hydrogen-bond acceptors (Lipinski definition) is 3. The summed E-state index contributed by atoms with van der Waals surface area (Å²) >= 11 is 0. The van der Waals surface area contributed by atoms with E-state index in [0.29, 0.717) is 5.92 Å². The van der Waals surface area contributed by atoms with Crippen LogP contribution in [0.4, 0.5) is 0 Å². The molecule has 30 heavy (non-hydrogen) atoms. The Balaban J connectivity index is 1.29. The van der Waals surface area contributed by atoms with E-state index in [0.717, 1.165) is 41.3 Å². The minimum absolute atomic E-state index is 0.139. The third-order valence-electron chi connectivity index (χ3n) is 7.22. The number of likely N-dealkylation sites (tertiary alicyclic amines) is 1. The molecule has 1 saturated heterocycles. The lowest BCUT2D eigenvalue weighted by molar-refractivity contribution is 0.182. The number of benzene rings is 1. The molecule has 6 nitrogen and oxygen atoms in total. The molecule has 2 fully saturated rings. The van der Waals surface area contributed by atoms with Crippen LogP contribution in [-0.4, -0.2) is 43.9 Å². The molecule has 6 heteroatoms. The number of piperidine rings is 1. The van der Waals surface area contributed by atoms with Crippen molar-refractivity contribution >= 4 is 10.9 Å². The average molecular weight is 408 g/mol. The molecule has 0 spiro atoms. The van der Waals surface area contributed by atoms with Crippen molar-refractivity contribution in [3.05, 3.63) is 46.8 Å². The van der Waals surface area contributed by atoms with E-state index >= 15 is 0 Å². The molecule has 5 rings (SSSR count). The molecular weight excluding hydrogens is 374 g/mol. The highest BCUT2D eigenvalue weighted by molar-refractivity contribution is 5.82. The Morgan fingerprint density at radius 2 is 1.97 bits per heavy atom. The van der Waals surface area contributed by atoms with Gasteiger partial charge in [-0.2, -0.15) is 4.68 Å². The van der Waals surface area contributed by atoms with Gasteiger partial charge >= 0.3 is 5.69 Å². The highest BCUT2D eigenvalue weighted by atomic mass is 16.1. The normalized spacial score (nSPS) is 21.4. The van der Waals surface area contributed by atoms with Crippen molar-refractivity contribution in [1.29, 1.82) is 0 Å². The number of aryl methyl sites for hydroxylation is 1. The van der Waals surface area contributed by atoms with Crippen molar-refractivity contribution < 1.29 is 0 Å². The van der Waals surface area contributed by atoms with Crippen molar-refractivity contribution in [3.8, 4) is 5.69 Å². The topological polar surface area (TPSA) is 58.9 Å². The van der Waals surface area contributed by atoms with Crippen molar-refractivity contribution in [2.75, 3.05) is 19.6 Å². The fraction of sp³-hybridized carbons (Fsp3) is 0.583. The largest absolute Gasteiger partial charge is 0.351 e. The van der Waals surface area contributed by atoms with Gasteiger partial charge in [0, 0.05) is 36.6 Å². The van der Waals surface area contributed by atoms with Crippen LogP contribution in [0.25, 0.3) is 16.6 Å². The van der Waals surface area contributed by atoms with Crippen LogP contribution in [0.1, 0.15) is 63.1 Å². The fourth-order valence-electron chi connectivity index (χ4n) is 5.42. The molecule has 3 aromatic rings. The first-order valence-corrected chi connectivity index (χ1v) is 11.6. The minimum atomic E-state index is -0.139. The smallest absolute Gasteiger partial charge is 0.348 e. The van der Waals surface area contributed by atoms with Crippen LogP contribution in [-0.2, 0) is 7.05 Å². The van der Waals surface area contributed by atoms with Gasteiger partial charge in [0.05, 0.1) is 5.69 Å². The molecule has 160 valence electrons. The number of nitrogens with one attached hydrogen (secondary N) is 1. The number of H-pyrrole nitrogens is 1. The minimum Gasteiger partial charge on any atom is -0.351 e. The van der Waals surface area contributed by atoms with Crippen molar-refractivity contribution in [2.24, 2.45) is 13.0 Å². The number of aromatic nitrogens is 4. The van der Waals surface area contributed by atoms with E-state index in [1.807, 2.05) is 25.4 Å². The summed E-state index contributed by atoms with van der Waals surface area (Å²) in [7, 11) is 2.03. The van der Waals surface area contributed by atoms with Crippen LogP contribution in [0.3, 0.4) is 0 Å². The monoisotopic (exact) mass is 407 g/mol. The van der Waals surface area contributed by atoms with Crippen LogP contribution in [0.2, 0.25) is 0 Å². The second-order valence-corrected chi connectivity index (χ2v) is 9.33. The number of fused-ring (bicyclic) bond motifs is 1. The van der Waals surface area contributed by atoms with Gasteiger partial charge in [-0.3, -0.25) is 4.98 Å². The van der Waals surface area contributed by atoms with Gasteiger partial charge in [-0.15, -0.1) is 5.10 Å². The van der Waals surface area contributed by atoms with Crippen LogP contribution < -0.4 is 5.69 Å². The van der Waals surface area contributed by atoms with E-state index < -0.39 is 0 Å². The molecule has 3 heterocycles. The fourth-order valence-corrected chi connectivity index (χ4v) is 5.42. The Morgan fingerprint density at radius 3 is 2.83 bits per heavy atom. The Kier molecular flexibility index (Phi) is 5.50. The van der Waals surface area contributed by atoms with Gasteiger partial charge in [0.25, 0.3) is 0 Å². The lowest BCUT2D eigenvalue weighted by Gasteiger charge is -2.33. The van der Waals surface area contributed by atoms with Gasteiger partial charge in [0.15, 0.2) is 0 Å². The zero-order chi connectivity index (χ0) is 20.5. The summed E-state index contributed by atoms with van der Waals surface area (Å²) in [5.74, 6) is 2.08. The number of rotatable bonds is 5. The Labute approximate surface area is 177 Å². The predicted molar refractivity (Wildman–Crippen MR) is 120 cm³/mol. The molecular formula is C24H33N5O. The highest BCUT2D eigenvalue weighted by Crippen LogP contribution is 2.29. The number of hydrogen-bond donors (Lipinski definition) is 1. The third kappa shape index (κ3) is 3.97. The lowest BCUT2D eigenvalue weighted by Crippen LogP contribution is -2.36. The predicted octanol–water partition coefficient (Wildman–Crippen LogP) is 4.20. The first kappa shape index (κ1) is 19.6. The molecule has 1 saturated carbocycles. The van der Waals surface area contributed by atoms with Gasteiger partial charge in [0.2, 0.25) is 0 Å². The SMILES string of the molecule is Cn1ccc2cc(-n3nc([C@H]4CCCN(CCC5CCCCC5)C4)[nH]c3=O)ccc21. The van der Waals surface area contributed by atoms with E-state index in [1.54, 1.807) is 0 Å². The summed E-state index contributed by atoms with van der Waals surface area (Å²) in [6.07, 6.45) is 12.7. The Bertz CT molecular complexity index is 1060. The van der Waals surface area contributed by atoms with Gasteiger partial charge < -0.3 is 9.47 Å². The first-order valence-electron chi connectivity index (χ1n) is 11.6. The van der Waals surface area contributed by atoms with Crippen LogP contribution in [0.5, 0.6) is 0 Å². The lowest BCUT2D eigenvalue weighted by atomic mass is 9.86. The van der Waals surface area contributed by atoms with Crippen LogP contribution in [0, 0.1) is 5.92 Å². The van der Waals surface area contributed by atoms with E-state index in [-0.39, 0.29) is 5.69 Å². The molecule has 1 atom stereocenters. The third-order valence-corrected chi connectivity index (χ3v) is 7.22. The quantitative estimate of drug-likeness (QED) is 0.689. The Morgan fingerprint density at radius 1 is 1.10 bits per heavy atom. The zero-order valence-electron chi connectivity index (χ0n) is 18.0. The first-order chi connectivity index (χ1) is 14.7. The maximum absolute atomic E-state index is 12.7. The molecule has 1 aliphatic carbocycles. The van der Waals surface area contributed by atoms with Gasteiger partial charge in [-0.1, -0.05) is 32.1 Å². The van der Waals surface area contributed by atoms with E-state index in [1.165, 1.54) is 62.7 Å². The summed E-state index contributed by atoms with van der Waals surface area (Å²) in [4.78, 5) is 18.3. The van der Waals surface area contributed by atoms with E-state index in [4.69, 9.17) is 5.10 Å². The summed E-state index contributed by atoms with van der Waals surface area (Å²) in [5, 5.41) is 5.84. The summed E-state index contributed by atoms with van der Waals surface area (Å²) in [5.41, 5.74) is 1.84. The summed E-state index contributed by atoms with van der Waals surface area (Å²) in [6.45, 7) is 3.38. The second kappa shape index (κ2) is 8.42. The van der Waals surface area contributed by atoms with Crippen molar-refractivity contribution in [1.82, 2.24) is 24.2 Å². The number of aromatic amines is 1. The molecule has 0 radical (unpaired) electrons. The van der Waals surface area contributed by atoms with Gasteiger partial charge in [0.1, 0.15) is 5.82 Å². The average Bonchev–Trinajstić information content (AvgIpc) is 3.36. The van der Waals surface area contributed by atoms with Gasteiger partial charge in [-0.25, -0.2) is 4.79 Å². The molecule has 0 unspecified atom stereocenters.